The Morgan fingerprint density at radius 1 is 1.22 bits per heavy atom. The Kier molecular flexibility index (Phi) is 2.34. The van der Waals surface area contributed by atoms with Crippen LogP contribution < -0.4 is 5.73 Å². The van der Waals surface area contributed by atoms with Gasteiger partial charge in [-0.2, -0.15) is 5.10 Å². The highest BCUT2D eigenvalue weighted by Crippen LogP contribution is 2.58. The van der Waals surface area contributed by atoms with Crippen LogP contribution in [0.4, 0.5) is 0 Å². The van der Waals surface area contributed by atoms with Crippen molar-refractivity contribution < 1.29 is 0 Å². The monoisotopic (exact) mass is 265 g/mol. The van der Waals surface area contributed by atoms with E-state index in [2.05, 4.69) is 9.78 Å². The highest BCUT2D eigenvalue weighted by Gasteiger charge is 2.52. The molecule has 4 aliphatic rings. The molecule has 3 nitrogen and oxygen atoms in total. The minimum absolute atomic E-state index is 0.270. The van der Waals surface area contributed by atoms with Crippen LogP contribution in [0.3, 0.4) is 0 Å². The van der Waals surface area contributed by atoms with Crippen molar-refractivity contribution in [3.05, 3.63) is 16.9 Å². The number of nitrogens with two attached hydrogens (primary N) is 1. The van der Waals surface area contributed by atoms with Gasteiger partial charge in [0.15, 0.2) is 0 Å². The smallest absolute Gasteiger partial charge is 0.0946 e. The van der Waals surface area contributed by atoms with Gasteiger partial charge in [-0.25, -0.2) is 0 Å². The first kappa shape index (κ1) is 11.3. The molecule has 18 heavy (non-hydrogen) atoms. The van der Waals surface area contributed by atoms with Gasteiger partial charge in [0.05, 0.1) is 16.3 Å². The molecule has 5 rings (SSSR count). The average molecular weight is 266 g/mol. The van der Waals surface area contributed by atoms with Crippen molar-refractivity contribution in [1.29, 1.82) is 0 Å². The third kappa shape index (κ3) is 1.50. The van der Waals surface area contributed by atoms with Crippen molar-refractivity contribution in [2.24, 2.45) is 23.5 Å². The van der Waals surface area contributed by atoms with E-state index in [4.69, 9.17) is 17.3 Å². The van der Waals surface area contributed by atoms with Crippen molar-refractivity contribution in [1.82, 2.24) is 9.78 Å². The first-order valence-corrected chi connectivity index (χ1v) is 7.51. The molecule has 1 heterocycles. The first-order chi connectivity index (χ1) is 8.68. The number of rotatable bonds is 2. The molecule has 1 aromatic rings. The molecule has 4 fully saturated rings. The lowest BCUT2D eigenvalue weighted by atomic mass is 9.53. The van der Waals surface area contributed by atoms with Gasteiger partial charge < -0.3 is 5.73 Å². The van der Waals surface area contributed by atoms with Crippen molar-refractivity contribution in [2.75, 3.05) is 0 Å². The van der Waals surface area contributed by atoms with E-state index < -0.39 is 0 Å². The summed E-state index contributed by atoms with van der Waals surface area (Å²) in [6, 6.07) is 0. The fourth-order valence-electron chi connectivity index (χ4n) is 5.12. The molecule has 0 aliphatic heterocycles. The van der Waals surface area contributed by atoms with Crippen molar-refractivity contribution in [3.8, 4) is 0 Å². The van der Waals surface area contributed by atoms with Gasteiger partial charge >= 0.3 is 0 Å². The second kappa shape index (κ2) is 3.73. The van der Waals surface area contributed by atoms with E-state index in [0.29, 0.717) is 6.54 Å². The number of hydrogen-bond donors (Lipinski definition) is 1. The zero-order chi connectivity index (χ0) is 12.3. The largest absolute Gasteiger partial charge is 0.325 e. The predicted molar refractivity (Wildman–Crippen MR) is 71.3 cm³/mol. The molecule has 0 radical (unpaired) electrons. The molecule has 0 spiro atoms. The summed E-state index contributed by atoms with van der Waals surface area (Å²) in [5.74, 6) is 2.79. The number of halogens is 1. The molecule has 0 aromatic carbocycles. The summed E-state index contributed by atoms with van der Waals surface area (Å²) < 4.78 is 2.18. The Labute approximate surface area is 113 Å². The van der Waals surface area contributed by atoms with Crippen molar-refractivity contribution in [3.63, 3.8) is 0 Å². The summed E-state index contributed by atoms with van der Waals surface area (Å²) in [5.41, 5.74) is 6.82. The molecular weight excluding hydrogens is 246 g/mol. The summed E-state index contributed by atoms with van der Waals surface area (Å²) in [5, 5.41) is 5.42. The van der Waals surface area contributed by atoms with Crippen molar-refractivity contribution >= 4 is 11.6 Å². The van der Waals surface area contributed by atoms with Gasteiger partial charge in [-0.05, 0) is 56.3 Å². The van der Waals surface area contributed by atoms with Crippen LogP contribution in [0.25, 0.3) is 0 Å². The van der Waals surface area contributed by atoms with Gasteiger partial charge in [-0.3, -0.25) is 4.68 Å². The fraction of sp³-hybridized carbons (Fsp3) is 0.786. The molecular formula is C14H20ClN3. The molecule has 0 unspecified atom stereocenters. The van der Waals surface area contributed by atoms with Gasteiger partial charge in [0.2, 0.25) is 0 Å². The Bertz CT molecular complexity index is 444. The van der Waals surface area contributed by atoms with E-state index in [-0.39, 0.29) is 5.54 Å². The van der Waals surface area contributed by atoms with Crippen LogP contribution in [0.5, 0.6) is 0 Å². The van der Waals surface area contributed by atoms with Crippen LogP contribution in [-0.2, 0) is 12.1 Å². The third-order valence-corrected chi connectivity index (χ3v) is 5.74. The van der Waals surface area contributed by atoms with E-state index in [0.717, 1.165) is 28.5 Å². The Hall–Kier alpha value is -0.540. The minimum Gasteiger partial charge on any atom is -0.325 e. The standard InChI is InChI=1S/C14H20ClN3/c15-12-8-18(17-13(12)7-16)14-4-9-1-10(5-14)3-11(2-9)6-14/h8-11H,1-7,16H2. The average Bonchev–Trinajstić information content (AvgIpc) is 2.69. The molecule has 98 valence electrons. The maximum Gasteiger partial charge on any atom is 0.0946 e. The van der Waals surface area contributed by atoms with Crippen LogP contribution in [0.2, 0.25) is 5.02 Å². The Morgan fingerprint density at radius 2 is 1.78 bits per heavy atom. The molecule has 4 saturated carbocycles. The van der Waals surface area contributed by atoms with E-state index >= 15 is 0 Å². The van der Waals surface area contributed by atoms with E-state index in [1.165, 1.54) is 38.5 Å². The molecule has 4 bridgehead atoms. The van der Waals surface area contributed by atoms with Crippen molar-refractivity contribution in [2.45, 2.75) is 50.6 Å². The fourth-order valence-corrected chi connectivity index (χ4v) is 5.32. The summed E-state index contributed by atoms with van der Waals surface area (Å²) in [7, 11) is 0. The highest BCUT2D eigenvalue weighted by molar-refractivity contribution is 6.31. The van der Waals surface area contributed by atoms with Crippen LogP contribution in [0.15, 0.2) is 6.20 Å². The Morgan fingerprint density at radius 3 is 2.22 bits per heavy atom. The van der Waals surface area contributed by atoms with E-state index in [1.54, 1.807) is 0 Å². The summed E-state index contributed by atoms with van der Waals surface area (Å²) >= 11 is 6.22. The second-order valence-electron chi connectivity index (χ2n) is 6.71. The lowest BCUT2D eigenvalue weighted by molar-refractivity contribution is -0.0495. The normalized spacial score (nSPS) is 41.6. The van der Waals surface area contributed by atoms with E-state index in [9.17, 15) is 0 Å². The lowest BCUT2D eigenvalue weighted by Gasteiger charge is -2.56. The van der Waals surface area contributed by atoms with E-state index in [1.807, 2.05) is 6.20 Å². The maximum atomic E-state index is 6.22. The highest BCUT2D eigenvalue weighted by atomic mass is 35.5. The van der Waals surface area contributed by atoms with Gasteiger partial charge in [0, 0.05) is 12.7 Å². The molecule has 2 N–H and O–H groups in total. The van der Waals surface area contributed by atoms with Crippen LogP contribution in [0, 0.1) is 17.8 Å². The van der Waals surface area contributed by atoms with Gasteiger partial charge in [0.1, 0.15) is 0 Å². The number of nitrogens with zero attached hydrogens (tertiary/aromatic N) is 2. The minimum atomic E-state index is 0.270. The molecule has 0 saturated heterocycles. The topological polar surface area (TPSA) is 43.8 Å². The SMILES string of the molecule is NCc1nn(C23CC4CC(CC(C4)C2)C3)cc1Cl. The number of hydrogen-bond acceptors (Lipinski definition) is 2. The zero-order valence-corrected chi connectivity index (χ0v) is 11.4. The molecule has 1 aromatic heterocycles. The van der Waals surface area contributed by atoms with Gasteiger partial charge in [-0.15, -0.1) is 0 Å². The number of aromatic nitrogens is 2. The summed E-state index contributed by atoms with van der Waals surface area (Å²) in [4.78, 5) is 0. The summed E-state index contributed by atoms with van der Waals surface area (Å²) in [6.07, 6.45) is 10.3. The van der Waals surface area contributed by atoms with Crippen LogP contribution in [-0.4, -0.2) is 9.78 Å². The summed E-state index contributed by atoms with van der Waals surface area (Å²) in [6.45, 7) is 0.443. The second-order valence-corrected chi connectivity index (χ2v) is 7.12. The van der Waals surface area contributed by atoms with Crippen LogP contribution >= 0.6 is 11.6 Å². The molecule has 0 atom stereocenters. The quantitative estimate of drug-likeness (QED) is 0.894. The first-order valence-electron chi connectivity index (χ1n) is 7.13. The third-order valence-electron chi connectivity index (χ3n) is 5.43. The molecule has 4 heteroatoms. The zero-order valence-electron chi connectivity index (χ0n) is 10.6. The maximum absolute atomic E-state index is 6.22. The lowest BCUT2D eigenvalue weighted by Crippen LogP contribution is -2.52. The molecule has 0 amide bonds. The van der Waals surface area contributed by atoms with Gasteiger partial charge in [-0.1, -0.05) is 11.6 Å². The molecule has 4 aliphatic carbocycles. The van der Waals surface area contributed by atoms with Gasteiger partial charge in [0.25, 0.3) is 0 Å². The van der Waals surface area contributed by atoms with Crippen LogP contribution in [0.1, 0.15) is 44.2 Å². The Balaban J connectivity index is 1.74. The predicted octanol–water partition coefficient (Wildman–Crippen LogP) is 2.92.